The van der Waals surface area contributed by atoms with Crippen molar-refractivity contribution in [1.82, 2.24) is 5.32 Å². The first-order valence-corrected chi connectivity index (χ1v) is 6.20. The molecule has 1 aliphatic rings. The molecule has 1 heterocycles. The van der Waals surface area contributed by atoms with Crippen LogP contribution in [0.5, 0.6) is 5.75 Å². The molecule has 88 valence electrons. The Morgan fingerprint density at radius 2 is 2.12 bits per heavy atom. The van der Waals surface area contributed by atoms with Gasteiger partial charge in [-0.1, -0.05) is 39.0 Å². The highest BCUT2D eigenvalue weighted by Crippen LogP contribution is 2.32. The second-order valence-corrected chi connectivity index (χ2v) is 4.83. The van der Waals surface area contributed by atoms with Crippen LogP contribution in [0.3, 0.4) is 0 Å². The van der Waals surface area contributed by atoms with E-state index in [1.807, 2.05) is 12.1 Å². The van der Waals surface area contributed by atoms with Crippen molar-refractivity contribution in [3.63, 3.8) is 0 Å². The summed E-state index contributed by atoms with van der Waals surface area (Å²) in [6.07, 6.45) is 1.16. The maximum Gasteiger partial charge on any atom is 0.124 e. The predicted molar refractivity (Wildman–Crippen MR) is 66.7 cm³/mol. The molecule has 0 amide bonds. The van der Waals surface area contributed by atoms with Crippen molar-refractivity contribution in [1.29, 1.82) is 0 Å². The quantitative estimate of drug-likeness (QED) is 0.840. The molecule has 2 rings (SSSR count). The zero-order valence-corrected chi connectivity index (χ0v) is 10.4. The molecule has 2 nitrogen and oxygen atoms in total. The third-order valence-corrected chi connectivity index (χ3v) is 3.36. The maximum atomic E-state index is 5.67. The van der Waals surface area contributed by atoms with E-state index in [0.717, 1.165) is 18.8 Å². The second kappa shape index (κ2) is 4.88. The standard InChI is InChI=1S/C14H21NO/c1-4-12(10(2)3)15-13-9-16-14-8-6-5-7-11(13)14/h5-8,10,12-13,15H,4,9H2,1-3H3. The Morgan fingerprint density at radius 1 is 1.38 bits per heavy atom. The zero-order valence-electron chi connectivity index (χ0n) is 10.4. The monoisotopic (exact) mass is 219 g/mol. The average Bonchev–Trinajstić information content (AvgIpc) is 2.69. The Balaban J connectivity index is 2.08. The minimum atomic E-state index is 0.364. The van der Waals surface area contributed by atoms with Crippen LogP contribution in [-0.2, 0) is 0 Å². The van der Waals surface area contributed by atoms with Gasteiger partial charge in [-0.3, -0.25) is 0 Å². The number of fused-ring (bicyclic) bond motifs is 1. The van der Waals surface area contributed by atoms with Crippen LogP contribution < -0.4 is 10.1 Å². The van der Waals surface area contributed by atoms with Gasteiger partial charge in [-0.15, -0.1) is 0 Å². The van der Waals surface area contributed by atoms with Gasteiger partial charge in [0.05, 0.1) is 6.04 Å². The lowest BCUT2D eigenvalue weighted by Gasteiger charge is -2.24. The van der Waals surface area contributed by atoms with E-state index < -0.39 is 0 Å². The molecule has 0 saturated carbocycles. The van der Waals surface area contributed by atoms with Gasteiger partial charge in [0, 0.05) is 11.6 Å². The number of para-hydroxylation sites is 1. The van der Waals surface area contributed by atoms with Crippen LogP contribution >= 0.6 is 0 Å². The molecule has 0 spiro atoms. The lowest BCUT2D eigenvalue weighted by molar-refractivity contribution is 0.275. The van der Waals surface area contributed by atoms with Crippen molar-refractivity contribution in [2.45, 2.75) is 39.3 Å². The van der Waals surface area contributed by atoms with Gasteiger partial charge < -0.3 is 10.1 Å². The van der Waals surface area contributed by atoms with Crippen molar-refractivity contribution < 1.29 is 4.74 Å². The number of hydrogen-bond donors (Lipinski definition) is 1. The smallest absolute Gasteiger partial charge is 0.124 e. The molecule has 0 fully saturated rings. The summed E-state index contributed by atoms with van der Waals surface area (Å²) in [5, 5.41) is 3.70. The summed E-state index contributed by atoms with van der Waals surface area (Å²) in [7, 11) is 0. The van der Waals surface area contributed by atoms with E-state index >= 15 is 0 Å². The Bertz CT molecular complexity index is 348. The van der Waals surface area contributed by atoms with Crippen LogP contribution in [0, 0.1) is 5.92 Å². The van der Waals surface area contributed by atoms with Gasteiger partial charge in [-0.25, -0.2) is 0 Å². The van der Waals surface area contributed by atoms with E-state index in [1.165, 1.54) is 5.56 Å². The van der Waals surface area contributed by atoms with Crippen molar-refractivity contribution in [2.24, 2.45) is 5.92 Å². The zero-order chi connectivity index (χ0) is 11.5. The van der Waals surface area contributed by atoms with E-state index in [4.69, 9.17) is 4.74 Å². The van der Waals surface area contributed by atoms with Crippen molar-refractivity contribution in [2.75, 3.05) is 6.61 Å². The van der Waals surface area contributed by atoms with Crippen LogP contribution in [0.25, 0.3) is 0 Å². The van der Waals surface area contributed by atoms with E-state index in [1.54, 1.807) is 0 Å². The molecule has 1 aromatic rings. The molecule has 0 radical (unpaired) electrons. The Kier molecular flexibility index (Phi) is 3.49. The maximum absolute atomic E-state index is 5.67. The van der Waals surface area contributed by atoms with E-state index in [9.17, 15) is 0 Å². The van der Waals surface area contributed by atoms with Gasteiger partial charge in [0.2, 0.25) is 0 Å². The SMILES string of the molecule is CCC(NC1COc2ccccc21)C(C)C. The summed E-state index contributed by atoms with van der Waals surface area (Å²) in [6.45, 7) is 7.54. The first kappa shape index (κ1) is 11.5. The minimum Gasteiger partial charge on any atom is -0.491 e. The molecule has 2 atom stereocenters. The normalized spacial score (nSPS) is 20.6. The second-order valence-electron chi connectivity index (χ2n) is 4.83. The molecule has 0 saturated heterocycles. The fraction of sp³-hybridized carbons (Fsp3) is 0.571. The van der Waals surface area contributed by atoms with Gasteiger partial charge >= 0.3 is 0 Å². The Labute approximate surface area is 98.0 Å². The molecule has 1 aliphatic heterocycles. The predicted octanol–water partition coefficient (Wildman–Crippen LogP) is 3.14. The van der Waals surface area contributed by atoms with Crippen LogP contribution in [0.15, 0.2) is 24.3 Å². The molecule has 0 aromatic heterocycles. The van der Waals surface area contributed by atoms with Gasteiger partial charge in [0.15, 0.2) is 0 Å². The summed E-state index contributed by atoms with van der Waals surface area (Å²) < 4.78 is 5.67. The largest absolute Gasteiger partial charge is 0.491 e. The van der Waals surface area contributed by atoms with Gasteiger partial charge in [0.1, 0.15) is 12.4 Å². The third-order valence-electron chi connectivity index (χ3n) is 3.36. The van der Waals surface area contributed by atoms with Crippen LogP contribution in [0.1, 0.15) is 38.8 Å². The number of hydrogen-bond acceptors (Lipinski definition) is 2. The van der Waals surface area contributed by atoms with E-state index in [2.05, 4.69) is 38.2 Å². The third kappa shape index (κ3) is 2.22. The molecule has 0 bridgehead atoms. The molecular formula is C14H21NO. The highest BCUT2D eigenvalue weighted by molar-refractivity contribution is 5.39. The van der Waals surface area contributed by atoms with Crippen LogP contribution in [0.2, 0.25) is 0 Å². The molecule has 0 aliphatic carbocycles. The topological polar surface area (TPSA) is 21.3 Å². The van der Waals surface area contributed by atoms with Crippen molar-refractivity contribution in [3.8, 4) is 5.75 Å². The number of rotatable bonds is 4. The lowest BCUT2D eigenvalue weighted by Crippen LogP contribution is -2.36. The number of benzene rings is 1. The minimum absolute atomic E-state index is 0.364. The number of nitrogens with one attached hydrogen (secondary N) is 1. The Morgan fingerprint density at radius 3 is 2.81 bits per heavy atom. The van der Waals surface area contributed by atoms with Crippen molar-refractivity contribution >= 4 is 0 Å². The van der Waals surface area contributed by atoms with E-state index in [0.29, 0.717) is 18.0 Å². The van der Waals surface area contributed by atoms with Crippen LogP contribution in [-0.4, -0.2) is 12.6 Å². The van der Waals surface area contributed by atoms with Gasteiger partial charge in [-0.2, -0.15) is 0 Å². The molecule has 2 unspecified atom stereocenters. The van der Waals surface area contributed by atoms with Crippen LogP contribution in [0.4, 0.5) is 0 Å². The highest BCUT2D eigenvalue weighted by Gasteiger charge is 2.26. The highest BCUT2D eigenvalue weighted by atomic mass is 16.5. The Hall–Kier alpha value is -1.02. The summed E-state index contributed by atoms with van der Waals surface area (Å²) in [5.41, 5.74) is 1.31. The summed E-state index contributed by atoms with van der Waals surface area (Å²) in [5.74, 6) is 1.70. The molecular weight excluding hydrogens is 198 g/mol. The fourth-order valence-electron chi connectivity index (χ4n) is 2.34. The lowest BCUT2D eigenvalue weighted by atomic mass is 9.99. The first-order valence-electron chi connectivity index (χ1n) is 6.20. The number of ether oxygens (including phenoxy) is 1. The fourth-order valence-corrected chi connectivity index (χ4v) is 2.34. The van der Waals surface area contributed by atoms with Gasteiger partial charge in [-0.05, 0) is 18.4 Å². The van der Waals surface area contributed by atoms with E-state index in [-0.39, 0.29) is 0 Å². The molecule has 16 heavy (non-hydrogen) atoms. The summed E-state index contributed by atoms with van der Waals surface area (Å²) in [4.78, 5) is 0. The molecule has 2 heteroatoms. The summed E-state index contributed by atoms with van der Waals surface area (Å²) >= 11 is 0. The molecule has 1 aromatic carbocycles. The van der Waals surface area contributed by atoms with Gasteiger partial charge in [0.25, 0.3) is 0 Å². The molecule has 1 N–H and O–H groups in total. The summed E-state index contributed by atoms with van der Waals surface area (Å²) in [6, 6.07) is 9.25. The average molecular weight is 219 g/mol. The first-order chi connectivity index (χ1) is 7.72. The van der Waals surface area contributed by atoms with Crippen molar-refractivity contribution in [3.05, 3.63) is 29.8 Å².